The Labute approximate surface area is 107 Å². The van der Waals surface area contributed by atoms with E-state index in [9.17, 15) is 0 Å². The largest absolute Gasteiger partial charge is 0.399 e. The average molecular weight is 242 g/mol. The van der Waals surface area contributed by atoms with Crippen LogP contribution in [0.3, 0.4) is 0 Å². The van der Waals surface area contributed by atoms with Crippen molar-refractivity contribution in [2.24, 2.45) is 0 Å². The number of anilines is 2. The number of aromatic nitrogens is 2. The molecule has 0 atom stereocenters. The van der Waals surface area contributed by atoms with E-state index in [0.717, 1.165) is 18.8 Å². The second-order valence-corrected chi connectivity index (χ2v) is 5.16. The van der Waals surface area contributed by atoms with Crippen LogP contribution in [0.1, 0.15) is 31.0 Å². The van der Waals surface area contributed by atoms with Crippen molar-refractivity contribution in [1.82, 2.24) is 9.78 Å². The van der Waals surface area contributed by atoms with Gasteiger partial charge in [-0.3, -0.25) is 4.68 Å². The van der Waals surface area contributed by atoms with Gasteiger partial charge in [0.1, 0.15) is 0 Å². The monoisotopic (exact) mass is 242 g/mol. The van der Waals surface area contributed by atoms with E-state index in [2.05, 4.69) is 42.2 Å². The van der Waals surface area contributed by atoms with Crippen LogP contribution < -0.4 is 10.6 Å². The fourth-order valence-corrected chi connectivity index (χ4v) is 2.37. The first-order valence-corrected chi connectivity index (χ1v) is 6.30. The molecule has 18 heavy (non-hydrogen) atoms. The highest BCUT2D eigenvalue weighted by atomic mass is 15.3. The van der Waals surface area contributed by atoms with Gasteiger partial charge >= 0.3 is 0 Å². The molecule has 0 saturated carbocycles. The lowest BCUT2D eigenvalue weighted by molar-refractivity contribution is 0.532. The molecule has 0 unspecified atom stereocenters. The van der Waals surface area contributed by atoms with Gasteiger partial charge in [0.15, 0.2) is 0 Å². The number of benzene rings is 1. The van der Waals surface area contributed by atoms with Crippen LogP contribution in [0.2, 0.25) is 0 Å². The number of nitrogen functional groups attached to an aromatic ring is 1. The van der Waals surface area contributed by atoms with Gasteiger partial charge in [0.25, 0.3) is 0 Å². The van der Waals surface area contributed by atoms with Gasteiger partial charge in [-0.25, -0.2) is 0 Å². The highest BCUT2D eigenvalue weighted by Gasteiger charge is 2.20. The van der Waals surface area contributed by atoms with Crippen LogP contribution in [0.25, 0.3) is 0 Å². The summed E-state index contributed by atoms with van der Waals surface area (Å²) < 4.78 is 1.99. The van der Waals surface area contributed by atoms with Crippen LogP contribution in [-0.2, 0) is 13.1 Å². The van der Waals surface area contributed by atoms with Crippen molar-refractivity contribution in [1.29, 1.82) is 0 Å². The Morgan fingerprint density at radius 1 is 1.22 bits per heavy atom. The predicted octanol–water partition coefficient (Wildman–Crippen LogP) is 2.57. The first-order chi connectivity index (χ1) is 8.63. The second kappa shape index (κ2) is 4.05. The quantitative estimate of drug-likeness (QED) is 0.823. The fourth-order valence-electron chi connectivity index (χ4n) is 2.37. The summed E-state index contributed by atoms with van der Waals surface area (Å²) in [5, 5.41) is 4.39. The summed E-state index contributed by atoms with van der Waals surface area (Å²) in [6.45, 7) is 6.13. The van der Waals surface area contributed by atoms with E-state index in [0.29, 0.717) is 6.04 Å². The Balaban J connectivity index is 1.84. The summed E-state index contributed by atoms with van der Waals surface area (Å²) in [6.07, 6.45) is 4.05. The molecule has 4 nitrogen and oxygen atoms in total. The molecule has 3 rings (SSSR count). The summed E-state index contributed by atoms with van der Waals surface area (Å²) in [7, 11) is 0. The lowest BCUT2D eigenvalue weighted by Crippen LogP contribution is -2.13. The van der Waals surface area contributed by atoms with Gasteiger partial charge in [0.2, 0.25) is 0 Å². The van der Waals surface area contributed by atoms with E-state index in [1.807, 2.05) is 16.9 Å². The van der Waals surface area contributed by atoms with Crippen molar-refractivity contribution >= 4 is 11.4 Å². The Kier molecular flexibility index (Phi) is 2.51. The minimum Gasteiger partial charge on any atom is -0.399 e. The van der Waals surface area contributed by atoms with Crippen molar-refractivity contribution in [3.63, 3.8) is 0 Å². The van der Waals surface area contributed by atoms with Crippen molar-refractivity contribution in [3.8, 4) is 0 Å². The molecule has 0 saturated heterocycles. The van der Waals surface area contributed by atoms with Crippen LogP contribution >= 0.6 is 0 Å². The maximum Gasteiger partial charge on any atom is 0.0758 e. The molecule has 2 heterocycles. The molecule has 0 bridgehead atoms. The van der Waals surface area contributed by atoms with E-state index >= 15 is 0 Å². The number of hydrogen-bond donors (Lipinski definition) is 1. The van der Waals surface area contributed by atoms with Gasteiger partial charge in [0.05, 0.1) is 11.9 Å². The minimum absolute atomic E-state index is 0.402. The molecule has 0 amide bonds. The smallest absolute Gasteiger partial charge is 0.0758 e. The summed E-state index contributed by atoms with van der Waals surface area (Å²) in [6, 6.07) is 6.57. The number of nitrogens with zero attached hydrogens (tertiary/aromatic N) is 3. The van der Waals surface area contributed by atoms with Crippen LogP contribution in [-0.4, -0.2) is 9.78 Å². The molecule has 0 spiro atoms. The third kappa shape index (κ3) is 1.83. The topological polar surface area (TPSA) is 47.1 Å². The molecule has 0 radical (unpaired) electrons. The van der Waals surface area contributed by atoms with Crippen molar-refractivity contribution in [2.45, 2.75) is 33.0 Å². The van der Waals surface area contributed by atoms with E-state index in [1.54, 1.807) is 0 Å². The van der Waals surface area contributed by atoms with Crippen molar-refractivity contribution in [3.05, 3.63) is 41.7 Å². The standard InChI is InChI=1S/C14H18N4/c1-10(2)18-9-14(6-16-18)17-7-11-3-4-13(15)5-12(11)8-17/h3-6,9-10H,7-8,15H2,1-2H3. The summed E-state index contributed by atoms with van der Waals surface area (Å²) in [4.78, 5) is 2.33. The molecule has 2 aromatic rings. The van der Waals surface area contributed by atoms with E-state index in [1.165, 1.54) is 16.8 Å². The van der Waals surface area contributed by atoms with Crippen LogP contribution in [0.15, 0.2) is 30.6 Å². The third-order valence-electron chi connectivity index (χ3n) is 3.43. The lowest BCUT2D eigenvalue weighted by Gasteiger charge is -2.14. The zero-order chi connectivity index (χ0) is 12.7. The lowest BCUT2D eigenvalue weighted by atomic mass is 10.1. The van der Waals surface area contributed by atoms with Gasteiger partial charge in [-0.15, -0.1) is 0 Å². The molecular weight excluding hydrogens is 224 g/mol. The average Bonchev–Trinajstić information content (AvgIpc) is 2.93. The molecule has 94 valence electrons. The highest BCUT2D eigenvalue weighted by molar-refractivity contribution is 5.53. The van der Waals surface area contributed by atoms with Gasteiger partial charge in [-0.1, -0.05) is 6.07 Å². The fraction of sp³-hybridized carbons (Fsp3) is 0.357. The number of hydrogen-bond acceptors (Lipinski definition) is 3. The minimum atomic E-state index is 0.402. The summed E-state index contributed by atoms with van der Waals surface area (Å²) in [5.41, 5.74) is 10.5. The van der Waals surface area contributed by atoms with E-state index in [-0.39, 0.29) is 0 Å². The molecule has 1 aromatic carbocycles. The maximum atomic E-state index is 5.82. The zero-order valence-electron chi connectivity index (χ0n) is 10.8. The van der Waals surface area contributed by atoms with Crippen molar-refractivity contribution < 1.29 is 0 Å². The first kappa shape index (κ1) is 11.1. The number of nitrogens with two attached hydrogens (primary N) is 1. The normalized spacial score (nSPS) is 14.3. The molecule has 1 aliphatic rings. The predicted molar refractivity (Wildman–Crippen MR) is 73.4 cm³/mol. The molecule has 0 aliphatic carbocycles. The Bertz CT molecular complexity index is 571. The van der Waals surface area contributed by atoms with E-state index < -0.39 is 0 Å². The maximum absolute atomic E-state index is 5.82. The van der Waals surface area contributed by atoms with Crippen LogP contribution in [0.5, 0.6) is 0 Å². The van der Waals surface area contributed by atoms with Gasteiger partial charge in [-0.05, 0) is 37.1 Å². The number of fused-ring (bicyclic) bond motifs is 1. The summed E-state index contributed by atoms with van der Waals surface area (Å²) in [5.74, 6) is 0. The zero-order valence-corrected chi connectivity index (χ0v) is 10.8. The van der Waals surface area contributed by atoms with Gasteiger partial charge in [0, 0.05) is 31.0 Å². The molecule has 1 aliphatic heterocycles. The van der Waals surface area contributed by atoms with E-state index in [4.69, 9.17) is 5.73 Å². The third-order valence-corrected chi connectivity index (χ3v) is 3.43. The SMILES string of the molecule is CC(C)n1cc(N2Cc3ccc(N)cc3C2)cn1. The highest BCUT2D eigenvalue weighted by Crippen LogP contribution is 2.29. The van der Waals surface area contributed by atoms with Crippen LogP contribution in [0, 0.1) is 0 Å². The van der Waals surface area contributed by atoms with Crippen molar-refractivity contribution in [2.75, 3.05) is 10.6 Å². The summed E-state index contributed by atoms with van der Waals surface area (Å²) >= 11 is 0. The van der Waals surface area contributed by atoms with Gasteiger partial charge in [-0.2, -0.15) is 5.10 Å². The van der Waals surface area contributed by atoms with Gasteiger partial charge < -0.3 is 10.6 Å². The Morgan fingerprint density at radius 2 is 2.00 bits per heavy atom. The Morgan fingerprint density at radius 3 is 2.72 bits per heavy atom. The molecule has 4 heteroatoms. The second-order valence-electron chi connectivity index (χ2n) is 5.16. The molecule has 0 fully saturated rings. The Hall–Kier alpha value is -1.97. The molecule has 2 N–H and O–H groups in total. The number of rotatable bonds is 2. The van der Waals surface area contributed by atoms with Crippen LogP contribution in [0.4, 0.5) is 11.4 Å². The first-order valence-electron chi connectivity index (χ1n) is 6.30. The molecular formula is C14H18N4. The molecule has 1 aromatic heterocycles.